The predicted octanol–water partition coefficient (Wildman–Crippen LogP) is 2.49. The van der Waals surface area contributed by atoms with Crippen molar-refractivity contribution < 1.29 is 18.9 Å². The highest BCUT2D eigenvalue weighted by Gasteiger charge is 2.07. The normalized spacial score (nSPS) is 18.8. The average molecular weight is 399 g/mol. The molecule has 3 rings (SSSR count). The van der Waals surface area contributed by atoms with Crippen LogP contribution < -0.4 is 20.1 Å². The van der Waals surface area contributed by atoms with Gasteiger partial charge in [-0.2, -0.15) is 0 Å². The van der Waals surface area contributed by atoms with Crippen LogP contribution in [-0.4, -0.2) is 52.7 Å². The standard InChI is InChI=1S/C18H26N2O4S2/c1-11-25-17-13-19-3-5-21-6-4-20-14-18-16(2-12-26-18)24-10-8-22-7-9-23-15(1)17/h1-2,11-12,19-20H,3-10,13-14H2. The molecule has 0 aliphatic carbocycles. The molecule has 0 aromatic carbocycles. The Morgan fingerprint density at radius 2 is 1.15 bits per heavy atom. The SMILES string of the molecule is c1cc2c(s1)CNCCOCCNCc1sccc1OCCOCCO2. The number of ether oxygens (including phenoxy) is 4. The van der Waals surface area contributed by atoms with Crippen molar-refractivity contribution in [2.75, 3.05) is 52.7 Å². The summed E-state index contributed by atoms with van der Waals surface area (Å²) in [4.78, 5) is 2.41. The second-order valence-electron chi connectivity index (χ2n) is 5.69. The molecule has 26 heavy (non-hydrogen) atoms. The largest absolute Gasteiger partial charge is 0.490 e. The number of fused-ring (bicyclic) bond motifs is 2. The monoisotopic (exact) mass is 398 g/mol. The third kappa shape index (κ3) is 6.53. The topological polar surface area (TPSA) is 61.0 Å². The summed E-state index contributed by atoms with van der Waals surface area (Å²) >= 11 is 3.40. The van der Waals surface area contributed by atoms with Crippen molar-refractivity contribution in [1.29, 1.82) is 0 Å². The Balaban J connectivity index is 1.48. The summed E-state index contributed by atoms with van der Waals surface area (Å²) in [6.45, 7) is 6.83. The van der Waals surface area contributed by atoms with Gasteiger partial charge in [-0.25, -0.2) is 0 Å². The van der Waals surface area contributed by atoms with Gasteiger partial charge in [0.15, 0.2) is 0 Å². The molecule has 3 heterocycles. The first-order valence-electron chi connectivity index (χ1n) is 8.89. The van der Waals surface area contributed by atoms with Crippen LogP contribution >= 0.6 is 22.7 Å². The average Bonchev–Trinajstić information content (AvgIpc) is 3.28. The van der Waals surface area contributed by atoms with E-state index < -0.39 is 0 Å². The van der Waals surface area contributed by atoms with Gasteiger partial charge in [0.05, 0.1) is 36.2 Å². The van der Waals surface area contributed by atoms with Crippen LogP contribution in [0, 0.1) is 0 Å². The van der Waals surface area contributed by atoms with Gasteiger partial charge < -0.3 is 29.6 Å². The van der Waals surface area contributed by atoms with Crippen molar-refractivity contribution in [1.82, 2.24) is 10.6 Å². The van der Waals surface area contributed by atoms with Crippen molar-refractivity contribution >= 4 is 22.7 Å². The second kappa shape index (κ2) is 11.5. The quantitative estimate of drug-likeness (QED) is 0.711. The van der Waals surface area contributed by atoms with Crippen molar-refractivity contribution in [2.24, 2.45) is 0 Å². The lowest BCUT2D eigenvalue weighted by Gasteiger charge is -2.11. The van der Waals surface area contributed by atoms with E-state index in [4.69, 9.17) is 18.9 Å². The molecule has 1 aliphatic rings. The third-order valence-electron chi connectivity index (χ3n) is 3.80. The van der Waals surface area contributed by atoms with E-state index in [9.17, 15) is 0 Å². The maximum absolute atomic E-state index is 5.82. The summed E-state index contributed by atoms with van der Waals surface area (Å²) in [6, 6.07) is 4.02. The van der Waals surface area contributed by atoms with E-state index >= 15 is 0 Å². The van der Waals surface area contributed by atoms with E-state index in [1.54, 1.807) is 22.7 Å². The maximum atomic E-state index is 5.82. The molecule has 0 bridgehead atoms. The molecule has 2 aromatic heterocycles. The minimum atomic E-state index is 0.542. The first-order valence-corrected chi connectivity index (χ1v) is 10.6. The molecule has 0 fully saturated rings. The molecule has 0 radical (unpaired) electrons. The highest BCUT2D eigenvalue weighted by atomic mass is 32.1. The lowest BCUT2D eigenvalue weighted by Crippen LogP contribution is -2.23. The van der Waals surface area contributed by atoms with Crippen LogP contribution in [0.5, 0.6) is 11.5 Å². The predicted molar refractivity (Wildman–Crippen MR) is 105 cm³/mol. The summed E-state index contributed by atoms with van der Waals surface area (Å²) in [5, 5.41) is 10.9. The number of rotatable bonds is 0. The molecule has 0 unspecified atom stereocenters. The minimum absolute atomic E-state index is 0.542. The number of thiophene rings is 2. The van der Waals surface area contributed by atoms with E-state index in [1.165, 1.54) is 9.75 Å². The molecule has 8 heteroatoms. The van der Waals surface area contributed by atoms with Crippen molar-refractivity contribution in [3.63, 3.8) is 0 Å². The van der Waals surface area contributed by atoms with Gasteiger partial charge in [0.25, 0.3) is 0 Å². The van der Waals surface area contributed by atoms with Crippen molar-refractivity contribution in [3.05, 3.63) is 32.6 Å². The van der Waals surface area contributed by atoms with Gasteiger partial charge in [-0.15, -0.1) is 22.7 Å². The van der Waals surface area contributed by atoms with Crippen molar-refractivity contribution in [2.45, 2.75) is 13.1 Å². The van der Waals surface area contributed by atoms with Gasteiger partial charge in [0.1, 0.15) is 24.7 Å². The van der Waals surface area contributed by atoms with E-state index in [0.717, 1.165) is 37.7 Å². The number of hydrogen-bond donors (Lipinski definition) is 2. The minimum Gasteiger partial charge on any atom is -0.490 e. The number of hydrogen-bond acceptors (Lipinski definition) is 8. The molecule has 2 aromatic rings. The molecule has 144 valence electrons. The molecule has 0 atom stereocenters. The molecule has 0 saturated carbocycles. The molecule has 6 nitrogen and oxygen atoms in total. The van der Waals surface area contributed by atoms with E-state index in [0.29, 0.717) is 39.6 Å². The summed E-state index contributed by atoms with van der Waals surface area (Å²) in [6.07, 6.45) is 0. The summed E-state index contributed by atoms with van der Waals surface area (Å²) in [7, 11) is 0. The van der Waals surface area contributed by atoms with E-state index in [2.05, 4.69) is 21.4 Å². The van der Waals surface area contributed by atoms with Gasteiger partial charge in [0.2, 0.25) is 0 Å². The summed E-state index contributed by atoms with van der Waals surface area (Å²) in [5.74, 6) is 1.87. The maximum Gasteiger partial charge on any atom is 0.134 e. The Bertz CT molecular complexity index is 580. The van der Waals surface area contributed by atoms with Crippen LogP contribution in [0.2, 0.25) is 0 Å². The van der Waals surface area contributed by atoms with Crippen LogP contribution in [0.1, 0.15) is 9.75 Å². The van der Waals surface area contributed by atoms with Gasteiger partial charge in [-0.1, -0.05) is 0 Å². The molecule has 0 saturated heterocycles. The molecule has 0 amide bonds. The second-order valence-corrected chi connectivity index (χ2v) is 7.69. The molecular formula is C18H26N2O4S2. The molecule has 1 aliphatic heterocycles. The Labute approximate surface area is 162 Å². The number of nitrogens with one attached hydrogen (secondary N) is 2. The molecular weight excluding hydrogens is 372 g/mol. The fourth-order valence-corrected chi connectivity index (χ4v) is 4.06. The van der Waals surface area contributed by atoms with Crippen LogP contribution in [-0.2, 0) is 22.6 Å². The lowest BCUT2D eigenvalue weighted by atomic mass is 10.4. The molecule has 2 N–H and O–H groups in total. The highest BCUT2D eigenvalue weighted by Crippen LogP contribution is 2.25. The van der Waals surface area contributed by atoms with Crippen molar-refractivity contribution in [3.8, 4) is 11.5 Å². The van der Waals surface area contributed by atoms with Crippen LogP contribution in [0.25, 0.3) is 0 Å². The zero-order valence-electron chi connectivity index (χ0n) is 14.8. The Morgan fingerprint density at radius 1 is 0.654 bits per heavy atom. The first-order chi connectivity index (χ1) is 12.9. The van der Waals surface area contributed by atoms with Crippen LogP contribution in [0.3, 0.4) is 0 Å². The van der Waals surface area contributed by atoms with Gasteiger partial charge >= 0.3 is 0 Å². The lowest BCUT2D eigenvalue weighted by molar-refractivity contribution is 0.0761. The summed E-state index contributed by atoms with van der Waals surface area (Å²) in [5.41, 5.74) is 0. The molecule has 0 spiro atoms. The van der Waals surface area contributed by atoms with Crippen LogP contribution in [0.4, 0.5) is 0 Å². The first kappa shape index (κ1) is 19.6. The summed E-state index contributed by atoms with van der Waals surface area (Å²) < 4.78 is 22.9. The Morgan fingerprint density at radius 3 is 1.69 bits per heavy atom. The Hall–Kier alpha value is -1.16. The fourth-order valence-electron chi connectivity index (χ4n) is 2.49. The smallest absolute Gasteiger partial charge is 0.134 e. The van der Waals surface area contributed by atoms with Gasteiger partial charge in [0, 0.05) is 26.2 Å². The van der Waals surface area contributed by atoms with Gasteiger partial charge in [-0.3, -0.25) is 0 Å². The van der Waals surface area contributed by atoms with E-state index in [1.807, 2.05) is 12.1 Å². The highest BCUT2D eigenvalue weighted by molar-refractivity contribution is 7.10. The zero-order valence-corrected chi connectivity index (χ0v) is 16.5. The Kier molecular flexibility index (Phi) is 8.69. The van der Waals surface area contributed by atoms with E-state index in [-0.39, 0.29) is 0 Å². The van der Waals surface area contributed by atoms with Crippen LogP contribution in [0.15, 0.2) is 22.9 Å². The third-order valence-corrected chi connectivity index (χ3v) is 5.60. The fraction of sp³-hybridized carbons (Fsp3) is 0.556. The van der Waals surface area contributed by atoms with Gasteiger partial charge in [-0.05, 0) is 22.9 Å². The zero-order chi connectivity index (χ0) is 17.9.